The van der Waals surface area contributed by atoms with Gasteiger partial charge in [0.1, 0.15) is 12.0 Å². The van der Waals surface area contributed by atoms with Gasteiger partial charge in [0.05, 0.1) is 19.3 Å². The molecule has 7 nitrogen and oxygen atoms in total. The highest BCUT2D eigenvalue weighted by Gasteiger charge is 2.55. The average Bonchev–Trinajstić information content (AvgIpc) is 2.91. The van der Waals surface area contributed by atoms with Crippen molar-refractivity contribution in [1.29, 1.82) is 0 Å². The van der Waals surface area contributed by atoms with E-state index >= 15 is 0 Å². The zero-order valence-electron chi connectivity index (χ0n) is 20.5. The molecule has 3 rings (SSSR count). The third-order valence-electron chi connectivity index (χ3n) is 6.53. The minimum absolute atomic E-state index is 0.229. The van der Waals surface area contributed by atoms with E-state index in [1.54, 1.807) is 14.0 Å². The first kappa shape index (κ1) is 24.7. The summed E-state index contributed by atoms with van der Waals surface area (Å²) in [6, 6.07) is 4.21. The second-order valence-electron chi connectivity index (χ2n) is 9.36. The zero-order chi connectivity index (χ0) is 23.6. The smallest absolute Gasteiger partial charge is 0.434 e. The number of nitrogens with zero attached hydrogens (tertiary/aromatic N) is 2. The van der Waals surface area contributed by atoms with E-state index in [9.17, 15) is 9.90 Å². The Kier molecular flexibility index (Phi) is 7.65. The van der Waals surface area contributed by atoms with Crippen LogP contribution in [0.1, 0.15) is 55.9 Å². The van der Waals surface area contributed by atoms with Crippen LogP contribution in [-0.2, 0) is 14.3 Å². The summed E-state index contributed by atoms with van der Waals surface area (Å²) in [5, 5.41) is 13.6. The summed E-state index contributed by atoms with van der Waals surface area (Å²) in [4.78, 5) is 20.1. The first-order valence-electron chi connectivity index (χ1n) is 11.6. The van der Waals surface area contributed by atoms with Crippen LogP contribution < -0.4 is 0 Å². The van der Waals surface area contributed by atoms with Crippen molar-refractivity contribution >= 4 is 11.7 Å². The third kappa shape index (κ3) is 4.57. The fourth-order valence-corrected chi connectivity index (χ4v) is 5.34. The summed E-state index contributed by atoms with van der Waals surface area (Å²) in [6.07, 6.45) is -0.259. The van der Waals surface area contributed by atoms with Crippen LogP contribution in [0.4, 0.5) is 4.79 Å². The van der Waals surface area contributed by atoms with E-state index in [0.717, 1.165) is 22.3 Å². The number of carbonyl (C=O) groups excluding carboxylic acids is 1. The van der Waals surface area contributed by atoms with Crippen molar-refractivity contribution in [2.24, 2.45) is 5.92 Å². The highest BCUT2D eigenvalue weighted by molar-refractivity contribution is 5.80. The second kappa shape index (κ2) is 9.91. The van der Waals surface area contributed by atoms with Crippen LogP contribution in [0, 0.1) is 26.7 Å². The minimum Gasteiger partial charge on any atom is -0.434 e. The molecule has 0 saturated carbocycles. The predicted octanol–water partition coefficient (Wildman–Crippen LogP) is 4.18. The lowest BCUT2D eigenvalue weighted by molar-refractivity contribution is -0.167. The topological polar surface area (TPSA) is 71.5 Å². The standard InChI is InChI=1S/C25H38N2O5/c1-8-31-24(29)32-22-21(20-18(5)13-17(4)14-19(20)6)23(28)27(15-16(2)3)25(22)9-11-26(30-7)12-10-25/h13-14,16,23,28H,8-12,15H2,1-7H3. The van der Waals surface area contributed by atoms with Gasteiger partial charge in [-0.25, -0.2) is 4.79 Å². The van der Waals surface area contributed by atoms with Gasteiger partial charge in [0.2, 0.25) is 0 Å². The second-order valence-corrected chi connectivity index (χ2v) is 9.36. The molecule has 1 unspecified atom stereocenters. The van der Waals surface area contributed by atoms with Gasteiger partial charge in [-0.05, 0) is 63.1 Å². The van der Waals surface area contributed by atoms with Crippen LogP contribution >= 0.6 is 0 Å². The molecule has 1 saturated heterocycles. The van der Waals surface area contributed by atoms with Crippen LogP contribution in [0.3, 0.4) is 0 Å². The Morgan fingerprint density at radius 1 is 1.19 bits per heavy atom. The summed E-state index contributed by atoms with van der Waals surface area (Å²) in [7, 11) is 1.67. The number of aliphatic hydroxyl groups is 1. The fourth-order valence-electron chi connectivity index (χ4n) is 5.34. The molecule has 0 amide bonds. The molecule has 1 atom stereocenters. The molecule has 0 aliphatic carbocycles. The first-order chi connectivity index (χ1) is 15.1. The Bertz CT molecular complexity index is 848. The lowest BCUT2D eigenvalue weighted by Gasteiger charge is -2.46. The summed E-state index contributed by atoms with van der Waals surface area (Å²) in [5.41, 5.74) is 4.29. The SMILES string of the molecule is CCOC(=O)OC1=C(c2c(C)cc(C)cc2C)C(O)N(CC(C)C)C12CCN(OC)CC2. The Balaban J connectivity index is 2.22. The Morgan fingerprint density at radius 2 is 1.78 bits per heavy atom. The Morgan fingerprint density at radius 3 is 2.28 bits per heavy atom. The molecule has 1 aromatic rings. The molecule has 2 aliphatic heterocycles. The number of aryl methyl sites for hydroxylation is 3. The molecule has 1 spiro atoms. The van der Waals surface area contributed by atoms with Crippen molar-refractivity contribution in [2.75, 3.05) is 33.4 Å². The van der Waals surface area contributed by atoms with Gasteiger partial charge < -0.3 is 19.4 Å². The van der Waals surface area contributed by atoms with E-state index in [0.29, 0.717) is 49.7 Å². The maximum atomic E-state index is 12.6. The molecular weight excluding hydrogens is 408 g/mol. The summed E-state index contributed by atoms with van der Waals surface area (Å²) < 4.78 is 11.1. The van der Waals surface area contributed by atoms with Crippen molar-refractivity contribution < 1.29 is 24.2 Å². The molecule has 0 radical (unpaired) electrons. The number of hydrogen-bond donors (Lipinski definition) is 1. The predicted molar refractivity (Wildman–Crippen MR) is 124 cm³/mol. The van der Waals surface area contributed by atoms with Gasteiger partial charge in [-0.15, -0.1) is 0 Å². The zero-order valence-corrected chi connectivity index (χ0v) is 20.5. The van der Waals surface area contributed by atoms with E-state index < -0.39 is 17.9 Å². The van der Waals surface area contributed by atoms with Crippen LogP contribution in [-0.4, -0.2) is 66.3 Å². The molecule has 0 aromatic heterocycles. The number of hydrogen-bond acceptors (Lipinski definition) is 7. The van der Waals surface area contributed by atoms with Crippen molar-refractivity contribution in [3.8, 4) is 0 Å². The Hall–Kier alpha value is -1.93. The van der Waals surface area contributed by atoms with E-state index in [1.165, 1.54) is 0 Å². The van der Waals surface area contributed by atoms with Crippen LogP contribution in [0.5, 0.6) is 0 Å². The van der Waals surface area contributed by atoms with Gasteiger partial charge in [-0.3, -0.25) is 4.90 Å². The van der Waals surface area contributed by atoms with Gasteiger partial charge >= 0.3 is 6.16 Å². The largest absolute Gasteiger partial charge is 0.513 e. The number of carbonyl (C=O) groups is 1. The minimum atomic E-state index is -0.879. The molecular formula is C25H38N2O5. The molecule has 0 bridgehead atoms. The lowest BCUT2D eigenvalue weighted by atomic mass is 9.83. The monoisotopic (exact) mass is 446 g/mol. The molecule has 32 heavy (non-hydrogen) atoms. The fraction of sp³-hybridized carbons (Fsp3) is 0.640. The van der Waals surface area contributed by atoms with E-state index in [4.69, 9.17) is 14.3 Å². The van der Waals surface area contributed by atoms with Gasteiger partial charge in [0, 0.05) is 25.2 Å². The van der Waals surface area contributed by atoms with Gasteiger partial charge in [-0.1, -0.05) is 31.5 Å². The molecule has 7 heteroatoms. The van der Waals surface area contributed by atoms with Crippen molar-refractivity contribution in [1.82, 2.24) is 9.96 Å². The molecule has 2 aliphatic rings. The number of ether oxygens (including phenoxy) is 2. The number of hydroxylamine groups is 2. The number of piperidine rings is 1. The molecule has 178 valence electrons. The van der Waals surface area contributed by atoms with Crippen molar-refractivity contribution in [3.63, 3.8) is 0 Å². The van der Waals surface area contributed by atoms with Crippen LogP contribution in [0.15, 0.2) is 17.9 Å². The number of aliphatic hydroxyl groups excluding tert-OH is 1. The summed E-state index contributed by atoms with van der Waals surface area (Å²) in [6.45, 7) is 14.4. The van der Waals surface area contributed by atoms with Crippen molar-refractivity contribution in [3.05, 3.63) is 40.1 Å². The molecule has 2 heterocycles. The van der Waals surface area contributed by atoms with Gasteiger partial charge in [0.25, 0.3) is 0 Å². The third-order valence-corrected chi connectivity index (χ3v) is 6.53. The van der Waals surface area contributed by atoms with E-state index in [1.807, 2.05) is 18.9 Å². The number of rotatable bonds is 6. The molecule has 1 fully saturated rings. The highest BCUT2D eigenvalue weighted by atomic mass is 16.7. The first-order valence-corrected chi connectivity index (χ1v) is 11.6. The molecule has 1 aromatic carbocycles. The van der Waals surface area contributed by atoms with Crippen LogP contribution in [0.25, 0.3) is 5.57 Å². The van der Waals surface area contributed by atoms with E-state index in [2.05, 4.69) is 37.8 Å². The quantitative estimate of drug-likeness (QED) is 0.657. The van der Waals surface area contributed by atoms with Gasteiger partial charge in [-0.2, -0.15) is 5.06 Å². The Labute approximate surface area is 191 Å². The lowest BCUT2D eigenvalue weighted by Crippen LogP contribution is -2.57. The number of benzene rings is 1. The summed E-state index contributed by atoms with van der Waals surface area (Å²) in [5.74, 6) is 0.847. The summed E-state index contributed by atoms with van der Waals surface area (Å²) >= 11 is 0. The van der Waals surface area contributed by atoms with Gasteiger partial charge in [0.15, 0.2) is 0 Å². The normalized spacial score (nSPS) is 21.6. The maximum Gasteiger partial charge on any atom is 0.513 e. The van der Waals surface area contributed by atoms with Crippen molar-refractivity contribution in [2.45, 2.75) is 66.2 Å². The molecule has 1 N–H and O–H groups in total. The highest BCUT2D eigenvalue weighted by Crippen LogP contribution is 2.50. The van der Waals surface area contributed by atoms with E-state index in [-0.39, 0.29) is 6.61 Å². The van der Waals surface area contributed by atoms with Crippen LogP contribution in [0.2, 0.25) is 0 Å². The maximum absolute atomic E-state index is 12.6. The average molecular weight is 447 g/mol.